The van der Waals surface area contributed by atoms with Crippen molar-refractivity contribution >= 4 is 50.6 Å². The number of anilines is 1. The lowest BCUT2D eigenvalue weighted by atomic mass is 10.2. The van der Waals surface area contributed by atoms with E-state index in [1.54, 1.807) is 16.3 Å². The van der Waals surface area contributed by atoms with Gasteiger partial charge in [0.15, 0.2) is 0 Å². The molecular weight excluding hydrogens is 455 g/mol. The minimum absolute atomic E-state index is 0.0404. The number of alkyl halides is 3. The Morgan fingerprint density at radius 2 is 2.00 bits per heavy atom. The zero-order valence-corrected chi connectivity index (χ0v) is 16.6. The lowest BCUT2D eigenvalue weighted by Crippen LogP contribution is -2.35. The number of rotatable bonds is 2. The maximum Gasteiger partial charge on any atom is 0.417 e. The quantitative estimate of drug-likeness (QED) is 0.627. The van der Waals surface area contributed by atoms with Gasteiger partial charge in [-0.05, 0) is 34.5 Å². The smallest absolute Gasteiger partial charge is 0.354 e. The van der Waals surface area contributed by atoms with E-state index >= 15 is 0 Å². The molecule has 3 rings (SSSR count). The number of thiophene rings is 1. The Labute approximate surface area is 165 Å². The van der Waals surface area contributed by atoms with Gasteiger partial charge in [-0.3, -0.25) is 4.79 Å². The van der Waals surface area contributed by atoms with E-state index in [9.17, 15) is 18.0 Å². The third-order valence-corrected chi connectivity index (χ3v) is 5.83. The second-order valence-corrected chi connectivity index (χ2v) is 8.50. The zero-order chi connectivity index (χ0) is 18.9. The van der Waals surface area contributed by atoms with E-state index in [0.717, 1.165) is 16.0 Å². The molecule has 1 aliphatic rings. The van der Waals surface area contributed by atoms with Crippen LogP contribution >= 0.6 is 38.9 Å². The van der Waals surface area contributed by atoms with Crippen molar-refractivity contribution in [1.82, 2.24) is 9.88 Å². The van der Waals surface area contributed by atoms with Crippen LogP contribution in [0.25, 0.3) is 0 Å². The summed E-state index contributed by atoms with van der Waals surface area (Å²) in [4.78, 5) is 20.0. The molecule has 0 N–H and O–H groups in total. The molecular formula is C16H14BrClF3N3OS. The Kier molecular flexibility index (Phi) is 5.78. The zero-order valence-electron chi connectivity index (χ0n) is 13.4. The molecule has 2 aromatic rings. The Morgan fingerprint density at radius 1 is 1.23 bits per heavy atom. The monoisotopic (exact) mass is 467 g/mol. The summed E-state index contributed by atoms with van der Waals surface area (Å²) in [6.45, 7) is 2.04. The summed E-state index contributed by atoms with van der Waals surface area (Å²) in [5.74, 6) is 0.257. The first-order valence-electron chi connectivity index (χ1n) is 7.76. The van der Waals surface area contributed by atoms with E-state index in [1.165, 1.54) is 11.3 Å². The van der Waals surface area contributed by atoms with Crippen LogP contribution in [0.4, 0.5) is 19.0 Å². The van der Waals surface area contributed by atoms with Crippen LogP contribution in [0.1, 0.15) is 22.3 Å². The molecule has 26 heavy (non-hydrogen) atoms. The van der Waals surface area contributed by atoms with Crippen LogP contribution in [0, 0.1) is 0 Å². The fourth-order valence-electron chi connectivity index (χ4n) is 2.76. The van der Waals surface area contributed by atoms with Crippen LogP contribution < -0.4 is 4.90 Å². The summed E-state index contributed by atoms with van der Waals surface area (Å²) in [5, 5.41) is 1.75. The molecule has 0 saturated carbocycles. The molecule has 0 radical (unpaired) electrons. The molecule has 0 spiro atoms. The third-order valence-electron chi connectivity index (χ3n) is 4.05. The van der Waals surface area contributed by atoms with Crippen molar-refractivity contribution in [3.05, 3.63) is 43.6 Å². The number of pyridine rings is 1. The van der Waals surface area contributed by atoms with E-state index in [4.69, 9.17) is 11.6 Å². The molecule has 1 saturated heterocycles. The van der Waals surface area contributed by atoms with Crippen LogP contribution in [0.2, 0.25) is 5.02 Å². The molecule has 2 aromatic heterocycles. The number of hydrogen-bond donors (Lipinski definition) is 0. The first-order chi connectivity index (χ1) is 12.3. The first-order valence-corrected chi connectivity index (χ1v) is 9.82. The maximum atomic E-state index is 12.8. The number of carbonyl (C=O) groups is 1. The van der Waals surface area contributed by atoms with Gasteiger partial charge in [-0.15, -0.1) is 11.3 Å². The molecule has 1 amide bonds. The number of halogens is 5. The van der Waals surface area contributed by atoms with Gasteiger partial charge in [0.2, 0.25) is 0 Å². The topological polar surface area (TPSA) is 36.4 Å². The average Bonchev–Trinajstić information content (AvgIpc) is 2.87. The van der Waals surface area contributed by atoms with Crippen LogP contribution in [0.15, 0.2) is 27.5 Å². The van der Waals surface area contributed by atoms with E-state index in [1.807, 2.05) is 4.90 Å². The molecule has 3 heterocycles. The average molecular weight is 469 g/mol. The third kappa shape index (κ3) is 4.32. The summed E-state index contributed by atoms with van der Waals surface area (Å²) in [6, 6.07) is 2.67. The van der Waals surface area contributed by atoms with Crippen molar-refractivity contribution < 1.29 is 18.0 Å². The SMILES string of the molecule is O=C(c1csc(Br)c1)N1CCCN(c2ncc(C(F)(F)F)cc2Cl)CC1. The molecule has 140 valence electrons. The van der Waals surface area contributed by atoms with Crippen LogP contribution in [0.5, 0.6) is 0 Å². The summed E-state index contributed by atoms with van der Waals surface area (Å²) in [6.07, 6.45) is -3.01. The Hall–Kier alpha value is -1.32. The van der Waals surface area contributed by atoms with E-state index in [2.05, 4.69) is 20.9 Å². The second-order valence-electron chi connectivity index (χ2n) is 5.80. The number of hydrogen-bond acceptors (Lipinski definition) is 4. The summed E-state index contributed by atoms with van der Waals surface area (Å²) in [5.41, 5.74) is -0.248. The van der Waals surface area contributed by atoms with Crippen LogP contribution in [0.3, 0.4) is 0 Å². The highest BCUT2D eigenvalue weighted by Crippen LogP contribution is 2.33. The van der Waals surface area contributed by atoms with Crippen molar-refractivity contribution in [3.8, 4) is 0 Å². The molecule has 0 atom stereocenters. The van der Waals surface area contributed by atoms with Gasteiger partial charge in [-0.25, -0.2) is 4.98 Å². The Balaban J connectivity index is 1.72. The molecule has 0 unspecified atom stereocenters. The van der Waals surface area contributed by atoms with Crippen molar-refractivity contribution in [1.29, 1.82) is 0 Å². The highest BCUT2D eigenvalue weighted by Gasteiger charge is 2.32. The predicted octanol–water partition coefficient (Wildman–Crippen LogP) is 4.93. The van der Waals surface area contributed by atoms with Gasteiger partial charge in [0, 0.05) is 37.8 Å². The number of aromatic nitrogens is 1. The van der Waals surface area contributed by atoms with Gasteiger partial charge in [0.05, 0.1) is 19.9 Å². The molecule has 0 aromatic carbocycles. The highest BCUT2D eigenvalue weighted by atomic mass is 79.9. The fourth-order valence-corrected chi connectivity index (χ4v) is 4.17. The first kappa shape index (κ1) is 19.4. The van der Waals surface area contributed by atoms with Crippen molar-refractivity contribution in [2.75, 3.05) is 31.1 Å². The lowest BCUT2D eigenvalue weighted by Gasteiger charge is -2.24. The summed E-state index contributed by atoms with van der Waals surface area (Å²) in [7, 11) is 0. The molecule has 10 heteroatoms. The van der Waals surface area contributed by atoms with E-state index < -0.39 is 11.7 Å². The second kappa shape index (κ2) is 7.74. The molecule has 1 aliphatic heterocycles. The van der Waals surface area contributed by atoms with Gasteiger partial charge < -0.3 is 9.80 Å². The van der Waals surface area contributed by atoms with Crippen molar-refractivity contribution in [2.45, 2.75) is 12.6 Å². The summed E-state index contributed by atoms with van der Waals surface area (Å²) >= 11 is 10.8. The minimum atomic E-state index is -4.48. The normalized spacial score (nSPS) is 15.9. The predicted molar refractivity (Wildman–Crippen MR) is 99.0 cm³/mol. The van der Waals surface area contributed by atoms with E-state index in [0.29, 0.717) is 44.0 Å². The molecule has 1 fully saturated rings. The summed E-state index contributed by atoms with van der Waals surface area (Å²) < 4.78 is 39.1. The maximum absolute atomic E-state index is 12.8. The van der Waals surface area contributed by atoms with Crippen LogP contribution in [-0.2, 0) is 6.18 Å². The fraction of sp³-hybridized carbons (Fsp3) is 0.375. The Bertz CT molecular complexity index is 814. The van der Waals surface area contributed by atoms with E-state index in [-0.39, 0.29) is 10.9 Å². The van der Waals surface area contributed by atoms with Gasteiger partial charge in [0.1, 0.15) is 5.82 Å². The van der Waals surface area contributed by atoms with Gasteiger partial charge >= 0.3 is 6.18 Å². The molecule has 0 bridgehead atoms. The standard InChI is InChI=1S/C16H14BrClF3N3OS/c17-13-6-10(9-26-13)15(25)24-3-1-2-23(4-5-24)14-12(18)7-11(8-22-14)16(19,20)21/h6-9H,1-5H2. The van der Waals surface area contributed by atoms with Crippen molar-refractivity contribution in [3.63, 3.8) is 0 Å². The van der Waals surface area contributed by atoms with Gasteiger partial charge in [-0.1, -0.05) is 11.6 Å². The van der Waals surface area contributed by atoms with Crippen LogP contribution in [-0.4, -0.2) is 42.0 Å². The van der Waals surface area contributed by atoms with Gasteiger partial charge in [0.25, 0.3) is 5.91 Å². The number of carbonyl (C=O) groups excluding carboxylic acids is 1. The van der Waals surface area contributed by atoms with Gasteiger partial charge in [-0.2, -0.15) is 13.2 Å². The Morgan fingerprint density at radius 3 is 2.62 bits per heavy atom. The molecule has 0 aliphatic carbocycles. The largest absolute Gasteiger partial charge is 0.417 e. The number of nitrogens with zero attached hydrogens (tertiary/aromatic N) is 3. The minimum Gasteiger partial charge on any atom is -0.354 e. The lowest BCUT2D eigenvalue weighted by molar-refractivity contribution is -0.137. The van der Waals surface area contributed by atoms with Crippen molar-refractivity contribution in [2.24, 2.45) is 0 Å². The highest BCUT2D eigenvalue weighted by molar-refractivity contribution is 9.11. The molecule has 4 nitrogen and oxygen atoms in total. The number of amides is 1.